The van der Waals surface area contributed by atoms with Gasteiger partial charge < -0.3 is 26.2 Å². The second-order valence-electron chi connectivity index (χ2n) is 9.01. The number of aliphatic hydroxyl groups is 1. The summed E-state index contributed by atoms with van der Waals surface area (Å²) in [6, 6.07) is 10.0. The van der Waals surface area contributed by atoms with E-state index in [-0.39, 0.29) is 30.9 Å². The summed E-state index contributed by atoms with van der Waals surface area (Å²) in [7, 11) is 0. The van der Waals surface area contributed by atoms with Gasteiger partial charge in [0.25, 0.3) is 0 Å². The van der Waals surface area contributed by atoms with Crippen molar-refractivity contribution in [1.29, 1.82) is 0 Å². The molecular formula is C27H29F3N4O3. The molecule has 4 rings (SSSR count). The number of pyridine rings is 1. The van der Waals surface area contributed by atoms with Crippen LogP contribution in [-0.2, 0) is 16.0 Å². The maximum atomic E-state index is 14.9. The number of benzene rings is 2. The largest absolute Gasteiger partial charge is 0.394 e. The van der Waals surface area contributed by atoms with E-state index in [0.29, 0.717) is 36.2 Å². The molecule has 1 aliphatic rings. The molecule has 2 aromatic carbocycles. The van der Waals surface area contributed by atoms with Crippen molar-refractivity contribution in [1.82, 2.24) is 10.3 Å². The quantitative estimate of drug-likeness (QED) is 0.331. The third kappa shape index (κ3) is 6.65. The Morgan fingerprint density at radius 3 is 2.19 bits per heavy atom. The molecule has 2 heterocycles. The molecule has 7 nitrogen and oxygen atoms in total. The molecule has 0 spiro atoms. The second kappa shape index (κ2) is 12.2. The number of rotatable bonds is 10. The molecule has 0 saturated carbocycles. The summed E-state index contributed by atoms with van der Waals surface area (Å²) in [6.07, 6.45) is 2.67. The number of hydrogen-bond acceptors (Lipinski definition) is 6. The topological polar surface area (TPSA) is 110 Å². The van der Waals surface area contributed by atoms with Crippen molar-refractivity contribution < 1.29 is 27.8 Å². The van der Waals surface area contributed by atoms with Crippen molar-refractivity contribution in [3.63, 3.8) is 0 Å². The van der Waals surface area contributed by atoms with E-state index in [9.17, 15) is 23.1 Å². The summed E-state index contributed by atoms with van der Waals surface area (Å²) in [5.74, 6) is -2.93. The molecule has 1 aromatic heterocycles. The minimum absolute atomic E-state index is 0.117. The smallest absolute Gasteiger partial charge is 0.240 e. The standard InChI is InChI=1S/C27H29F3N4O3/c28-18-5-1-16(2-6-18)25(17-3-7-19(29)8-4-17)26(27(31)36)34-24-14-33-13-23(30)22(24)10-9-20-11-32-12-21(15-35)37-20/h1-8,13-14,20-21,25-26,32,34-35H,9-12,15H2,(H2,31,36)/t20-,21+,26+/m1/s1. The maximum Gasteiger partial charge on any atom is 0.240 e. The number of aliphatic hydroxyl groups excluding tert-OH is 1. The fraction of sp³-hybridized carbons (Fsp3) is 0.333. The molecule has 1 aliphatic heterocycles. The van der Waals surface area contributed by atoms with E-state index in [4.69, 9.17) is 10.5 Å². The molecule has 0 unspecified atom stereocenters. The lowest BCUT2D eigenvalue weighted by atomic mass is 9.84. The van der Waals surface area contributed by atoms with Crippen LogP contribution in [0.3, 0.4) is 0 Å². The summed E-state index contributed by atoms with van der Waals surface area (Å²) in [5.41, 5.74) is 7.52. The SMILES string of the molecule is NC(=O)[C@@H](Nc1cncc(F)c1CC[C@@H]1CNC[C@@H](CO)O1)C(c1ccc(F)cc1)c1ccc(F)cc1. The van der Waals surface area contributed by atoms with Gasteiger partial charge in [-0.05, 0) is 48.2 Å². The maximum absolute atomic E-state index is 14.9. The number of halogens is 3. The van der Waals surface area contributed by atoms with Crippen molar-refractivity contribution in [3.8, 4) is 0 Å². The van der Waals surface area contributed by atoms with Crippen LogP contribution in [0.25, 0.3) is 0 Å². The Morgan fingerprint density at radius 2 is 1.62 bits per heavy atom. The van der Waals surface area contributed by atoms with Crippen LogP contribution in [0.15, 0.2) is 60.9 Å². The van der Waals surface area contributed by atoms with Crippen LogP contribution < -0.4 is 16.4 Å². The molecule has 0 aliphatic carbocycles. The molecule has 0 radical (unpaired) electrons. The van der Waals surface area contributed by atoms with Crippen molar-refractivity contribution >= 4 is 11.6 Å². The first-order valence-electron chi connectivity index (χ1n) is 12.0. The zero-order valence-electron chi connectivity index (χ0n) is 20.0. The van der Waals surface area contributed by atoms with Gasteiger partial charge in [-0.25, -0.2) is 13.2 Å². The Bertz CT molecular complexity index is 1150. The van der Waals surface area contributed by atoms with Gasteiger partial charge in [-0.1, -0.05) is 24.3 Å². The Morgan fingerprint density at radius 1 is 1.03 bits per heavy atom. The summed E-state index contributed by atoms with van der Waals surface area (Å²) in [4.78, 5) is 16.7. The number of nitrogens with one attached hydrogen (secondary N) is 2. The number of anilines is 1. The van der Waals surface area contributed by atoms with E-state index in [0.717, 1.165) is 6.20 Å². The number of ether oxygens (including phenoxy) is 1. The third-order valence-corrected chi connectivity index (χ3v) is 6.46. The minimum atomic E-state index is -1.09. The molecular weight excluding hydrogens is 485 g/mol. The highest BCUT2D eigenvalue weighted by molar-refractivity contribution is 5.85. The molecule has 3 aromatic rings. The predicted octanol–water partition coefficient (Wildman–Crippen LogP) is 2.88. The zero-order chi connectivity index (χ0) is 26.4. The highest BCUT2D eigenvalue weighted by Crippen LogP contribution is 2.32. The number of aromatic nitrogens is 1. The number of carbonyl (C=O) groups excluding carboxylic acids is 1. The van der Waals surface area contributed by atoms with Crippen molar-refractivity contribution in [2.75, 3.05) is 25.0 Å². The summed E-state index contributed by atoms with van der Waals surface area (Å²) >= 11 is 0. The Kier molecular flexibility index (Phi) is 8.75. The first kappa shape index (κ1) is 26.6. The van der Waals surface area contributed by atoms with Crippen molar-refractivity contribution in [2.45, 2.75) is 37.0 Å². The fourth-order valence-electron chi connectivity index (χ4n) is 4.60. The van der Waals surface area contributed by atoms with Gasteiger partial charge in [-0.15, -0.1) is 0 Å². The van der Waals surface area contributed by atoms with Gasteiger partial charge in [0, 0.05) is 24.6 Å². The van der Waals surface area contributed by atoms with Gasteiger partial charge in [0.2, 0.25) is 5.91 Å². The third-order valence-electron chi connectivity index (χ3n) is 6.46. The molecule has 3 atom stereocenters. The lowest BCUT2D eigenvalue weighted by Crippen LogP contribution is -2.46. The fourth-order valence-corrected chi connectivity index (χ4v) is 4.60. The number of morpholine rings is 1. The lowest BCUT2D eigenvalue weighted by Gasteiger charge is -2.30. The van der Waals surface area contributed by atoms with E-state index >= 15 is 0 Å². The van der Waals surface area contributed by atoms with Gasteiger partial charge in [-0.2, -0.15) is 0 Å². The summed E-state index contributed by atoms with van der Waals surface area (Å²) in [6.45, 7) is 0.985. The first-order chi connectivity index (χ1) is 17.9. The van der Waals surface area contributed by atoms with Gasteiger partial charge in [0.15, 0.2) is 0 Å². The number of primary amides is 1. The van der Waals surface area contributed by atoms with Gasteiger partial charge >= 0.3 is 0 Å². The number of nitrogens with two attached hydrogens (primary N) is 1. The molecule has 196 valence electrons. The van der Waals surface area contributed by atoms with Gasteiger partial charge in [0.05, 0.1) is 36.9 Å². The molecule has 1 saturated heterocycles. The number of nitrogens with zero attached hydrogens (tertiary/aromatic N) is 1. The monoisotopic (exact) mass is 514 g/mol. The highest BCUT2D eigenvalue weighted by atomic mass is 19.1. The average Bonchev–Trinajstić information content (AvgIpc) is 2.90. The van der Waals surface area contributed by atoms with Crippen molar-refractivity contribution in [3.05, 3.63) is 95.1 Å². The molecule has 1 amide bonds. The van der Waals surface area contributed by atoms with Crippen LogP contribution in [0.1, 0.15) is 29.0 Å². The van der Waals surface area contributed by atoms with Crippen LogP contribution in [0, 0.1) is 17.5 Å². The van der Waals surface area contributed by atoms with Crippen LogP contribution in [0.2, 0.25) is 0 Å². The Balaban J connectivity index is 1.64. The summed E-state index contributed by atoms with van der Waals surface area (Å²) in [5, 5.41) is 15.6. The Hall–Kier alpha value is -3.47. The lowest BCUT2D eigenvalue weighted by molar-refractivity contribution is -0.119. The number of amides is 1. The summed E-state index contributed by atoms with van der Waals surface area (Å²) < 4.78 is 48.1. The number of carbonyl (C=O) groups is 1. The van der Waals surface area contributed by atoms with Crippen LogP contribution >= 0.6 is 0 Å². The van der Waals surface area contributed by atoms with Gasteiger partial charge in [0.1, 0.15) is 23.5 Å². The molecule has 5 N–H and O–H groups in total. The van der Waals surface area contributed by atoms with E-state index in [1.54, 1.807) is 0 Å². The van der Waals surface area contributed by atoms with E-state index in [1.807, 2.05) is 0 Å². The molecule has 1 fully saturated rings. The minimum Gasteiger partial charge on any atom is -0.394 e. The van der Waals surface area contributed by atoms with E-state index in [2.05, 4.69) is 15.6 Å². The molecule has 0 bridgehead atoms. The van der Waals surface area contributed by atoms with E-state index in [1.165, 1.54) is 54.7 Å². The van der Waals surface area contributed by atoms with E-state index < -0.39 is 35.3 Å². The van der Waals surface area contributed by atoms with Crippen LogP contribution in [-0.4, -0.2) is 53.9 Å². The number of hydrogen-bond donors (Lipinski definition) is 4. The first-order valence-corrected chi connectivity index (χ1v) is 12.0. The molecule has 10 heteroatoms. The highest BCUT2D eigenvalue weighted by Gasteiger charge is 2.31. The van der Waals surface area contributed by atoms with Crippen LogP contribution in [0.4, 0.5) is 18.9 Å². The predicted molar refractivity (Wildman–Crippen MR) is 132 cm³/mol. The van der Waals surface area contributed by atoms with Crippen molar-refractivity contribution in [2.24, 2.45) is 5.73 Å². The average molecular weight is 515 g/mol. The zero-order valence-corrected chi connectivity index (χ0v) is 20.0. The molecule has 37 heavy (non-hydrogen) atoms. The Labute approximate surface area is 212 Å². The van der Waals surface area contributed by atoms with Crippen LogP contribution in [0.5, 0.6) is 0 Å². The van der Waals surface area contributed by atoms with Gasteiger partial charge in [-0.3, -0.25) is 9.78 Å². The normalized spacial score (nSPS) is 18.5. The second-order valence-corrected chi connectivity index (χ2v) is 9.01.